The number of furan rings is 1. The fraction of sp³-hybridized carbons (Fsp3) is 0.375. The number of hydrogen-bond acceptors (Lipinski definition) is 3. The van der Waals surface area contributed by atoms with Gasteiger partial charge in [0.05, 0.1) is 12.8 Å². The summed E-state index contributed by atoms with van der Waals surface area (Å²) in [6.45, 7) is 2.91. The fourth-order valence-corrected chi connectivity index (χ4v) is 2.75. The first kappa shape index (κ1) is 12.3. The topological polar surface area (TPSA) is 28.4 Å². The first-order valence-corrected chi connectivity index (χ1v) is 6.88. The first-order valence-electron chi connectivity index (χ1n) is 6.88. The molecule has 0 bridgehead atoms. The first-order chi connectivity index (χ1) is 9.33. The van der Waals surface area contributed by atoms with E-state index >= 15 is 0 Å². The molecular formula is C16H20N2O. The second-order valence-electron chi connectivity index (χ2n) is 5.23. The van der Waals surface area contributed by atoms with Crippen LogP contribution in [0.3, 0.4) is 0 Å². The highest BCUT2D eigenvalue weighted by Gasteiger charge is 2.13. The summed E-state index contributed by atoms with van der Waals surface area (Å²) in [4.78, 5) is 2.29. The SMILES string of the molecule is CN(Cc1ccco1)Cc1cccc2c1CCCN2. The van der Waals surface area contributed by atoms with E-state index in [1.54, 1.807) is 6.26 Å². The summed E-state index contributed by atoms with van der Waals surface area (Å²) in [6, 6.07) is 10.5. The van der Waals surface area contributed by atoms with Gasteiger partial charge in [-0.2, -0.15) is 0 Å². The summed E-state index contributed by atoms with van der Waals surface area (Å²) in [5, 5.41) is 3.48. The van der Waals surface area contributed by atoms with Gasteiger partial charge in [0.2, 0.25) is 0 Å². The van der Waals surface area contributed by atoms with Crippen LogP contribution >= 0.6 is 0 Å². The predicted octanol–water partition coefficient (Wildman–Crippen LogP) is 3.27. The third-order valence-electron chi connectivity index (χ3n) is 3.64. The molecule has 0 aliphatic carbocycles. The third-order valence-corrected chi connectivity index (χ3v) is 3.64. The molecule has 0 fully saturated rings. The molecule has 100 valence electrons. The highest BCUT2D eigenvalue weighted by molar-refractivity contribution is 5.56. The number of nitrogens with zero attached hydrogens (tertiary/aromatic N) is 1. The van der Waals surface area contributed by atoms with E-state index in [1.165, 1.54) is 29.7 Å². The maximum absolute atomic E-state index is 5.40. The zero-order valence-corrected chi connectivity index (χ0v) is 11.4. The van der Waals surface area contributed by atoms with E-state index in [1.807, 2.05) is 12.1 Å². The Bertz CT molecular complexity index is 534. The second-order valence-corrected chi connectivity index (χ2v) is 5.23. The average Bonchev–Trinajstić information content (AvgIpc) is 2.92. The molecule has 1 N–H and O–H groups in total. The van der Waals surface area contributed by atoms with Gasteiger partial charge in [0.25, 0.3) is 0 Å². The van der Waals surface area contributed by atoms with Crippen LogP contribution in [0.5, 0.6) is 0 Å². The number of fused-ring (bicyclic) bond motifs is 1. The predicted molar refractivity (Wildman–Crippen MR) is 77.1 cm³/mol. The lowest BCUT2D eigenvalue weighted by Crippen LogP contribution is -2.20. The molecule has 0 amide bonds. The van der Waals surface area contributed by atoms with Crippen LogP contribution in [0, 0.1) is 0 Å². The Morgan fingerprint density at radius 1 is 1.21 bits per heavy atom. The van der Waals surface area contributed by atoms with Gasteiger partial charge in [-0.05, 0) is 49.2 Å². The Morgan fingerprint density at radius 3 is 3.00 bits per heavy atom. The summed E-state index contributed by atoms with van der Waals surface area (Å²) < 4.78 is 5.40. The van der Waals surface area contributed by atoms with Gasteiger partial charge in [-0.15, -0.1) is 0 Å². The molecule has 0 radical (unpaired) electrons. The van der Waals surface area contributed by atoms with E-state index in [0.717, 1.165) is 25.4 Å². The van der Waals surface area contributed by atoms with Crippen LogP contribution in [-0.2, 0) is 19.5 Å². The van der Waals surface area contributed by atoms with Crippen LogP contribution in [-0.4, -0.2) is 18.5 Å². The van der Waals surface area contributed by atoms with Crippen molar-refractivity contribution in [2.24, 2.45) is 0 Å². The summed E-state index contributed by atoms with van der Waals surface area (Å²) in [5.41, 5.74) is 4.23. The molecule has 2 aromatic rings. The van der Waals surface area contributed by atoms with E-state index in [4.69, 9.17) is 4.42 Å². The van der Waals surface area contributed by atoms with E-state index in [-0.39, 0.29) is 0 Å². The highest BCUT2D eigenvalue weighted by Crippen LogP contribution is 2.26. The summed E-state index contributed by atoms with van der Waals surface area (Å²) in [6.07, 6.45) is 4.15. The Hall–Kier alpha value is -1.74. The lowest BCUT2D eigenvalue weighted by molar-refractivity contribution is 0.287. The molecular weight excluding hydrogens is 236 g/mol. The van der Waals surface area contributed by atoms with Crippen molar-refractivity contribution in [2.45, 2.75) is 25.9 Å². The third kappa shape index (κ3) is 2.82. The molecule has 1 aliphatic heterocycles. The van der Waals surface area contributed by atoms with Crippen molar-refractivity contribution in [1.82, 2.24) is 4.90 Å². The van der Waals surface area contributed by atoms with Crippen molar-refractivity contribution >= 4 is 5.69 Å². The number of hydrogen-bond donors (Lipinski definition) is 1. The minimum absolute atomic E-state index is 0.851. The molecule has 1 aliphatic rings. The Kier molecular flexibility index (Phi) is 3.56. The molecule has 1 aromatic carbocycles. The zero-order valence-electron chi connectivity index (χ0n) is 11.4. The maximum Gasteiger partial charge on any atom is 0.117 e. The fourth-order valence-electron chi connectivity index (χ4n) is 2.75. The summed E-state index contributed by atoms with van der Waals surface area (Å²) >= 11 is 0. The van der Waals surface area contributed by atoms with Crippen LogP contribution < -0.4 is 5.32 Å². The van der Waals surface area contributed by atoms with E-state index in [2.05, 4.69) is 35.5 Å². The van der Waals surface area contributed by atoms with Gasteiger partial charge in [-0.3, -0.25) is 4.90 Å². The highest BCUT2D eigenvalue weighted by atomic mass is 16.3. The molecule has 0 unspecified atom stereocenters. The van der Waals surface area contributed by atoms with Crippen LogP contribution in [0.2, 0.25) is 0 Å². The van der Waals surface area contributed by atoms with Crippen molar-refractivity contribution in [1.29, 1.82) is 0 Å². The number of nitrogens with one attached hydrogen (secondary N) is 1. The zero-order chi connectivity index (χ0) is 13.1. The molecule has 3 heteroatoms. The van der Waals surface area contributed by atoms with Gasteiger partial charge in [0.1, 0.15) is 5.76 Å². The summed E-state index contributed by atoms with van der Waals surface area (Å²) in [5.74, 6) is 1.02. The van der Waals surface area contributed by atoms with Gasteiger partial charge in [0, 0.05) is 18.8 Å². The minimum Gasteiger partial charge on any atom is -0.468 e. The average molecular weight is 256 g/mol. The lowest BCUT2D eigenvalue weighted by Gasteiger charge is -2.23. The molecule has 2 heterocycles. The second kappa shape index (κ2) is 5.49. The van der Waals surface area contributed by atoms with Crippen molar-refractivity contribution in [3.63, 3.8) is 0 Å². The Balaban J connectivity index is 1.72. The molecule has 0 spiro atoms. The largest absolute Gasteiger partial charge is 0.468 e. The number of rotatable bonds is 4. The van der Waals surface area contributed by atoms with Crippen LogP contribution in [0.1, 0.15) is 23.3 Å². The van der Waals surface area contributed by atoms with E-state index in [0.29, 0.717) is 0 Å². The summed E-state index contributed by atoms with van der Waals surface area (Å²) in [7, 11) is 2.14. The van der Waals surface area contributed by atoms with E-state index in [9.17, 15) is 0 Å². The Labute approximate surface area is 114 Å². The van der Waals surface area contributed by atoms with Gasteiger partial charge >= 0.3 is 0 Å². The smallest absolute Gasteiger partial charge is 0.117 e. The van der Waals surface area contributed by atoms with Gasteiger partial charge in [-0.1, -0.05) is 12.1 Å². The van der Waals surface area contributed by atoms with Gasteiger partial charge < -0.3 is 9.73 Å². The van der Waals surface area contributed by atoms with Gasteiger partial charge in [-0.25, -0.2) is 0 Å². The van der Waals surface area contributed by atoms with Crippen molar-refractivity contribution in [2.75, 3.05) is 18.9 Å². The Morgan fingerprint density at radius 2 is 2.16 bits per heavy atom. The van der Waals surface area contributed by atoms with Crippen LogP contribution in [0.25, 0.3) is 0 Å². The molecule has 19 heavy (non-hydrogen) atoms. The molecule has 0 atom stereocenters. The van der Waals surface area contributed by atoms with Crippen molar-refractivity contribution in [3.8, 4) is 0 Å². The number of anilines is 1. The van der Waals surface area contributed by atoms with Crippen molar-refractivity contribution < 1.29 is 4.42 Å². The van der Waals surface area contributed by atoms with Crippen LogP contribution in [0.4, 0.5) is 5.69 Å². The monoisotopic (exact) mass is 256 g/mol. The lowest BCUT2D eigenvalue weighted by atomic mass is 9.97. The number of benzene rings is 1. The van der Waals surface area contributed by atoms with Crippen LogP contribution in [0.15, 0.2) is 41.0 Å². The maximum atomic E-state index is 5.40. The molecule has 3 rings (SSSR count). The molecule has 1 aromatic heterocycles. The van der Waals surface area contributed by atoms with E-state index < -0.39 is 0 Å². The van der Waals surface area contributed by atoms with Gasteiger partial charge in [0.15, 0.2) is 0 Å². The van der Waals surface area contributed by atoms with Crippen molar-refractivity contribution in [3.05, 3.63) is 53.5 Å². The molecule has 0 saturated heterocycles. The molecule has 3 nitrogen and oxygen atoms in total. The molecule has 0 saturated carbocycles. The standard InChI is InChI=1S/C16H20N2O/c1-18(12-14-6-4-10-19-14)11-13-5-2-8-16-15(13)7-3-9-17-16/h2,4-6,8,10,17H,3,7,9,11-12H2,1H3. The quantitative estimate of drug-likeness (QED) is 0.910. The normalized spacial score (nSPS) is 14.2. The minimum atomic E-state index is 0.851.